The topological polar surface area (TPSA) is 38.7 Å². The first-order valence-corrected chi connectivity index (χ1v) is 7.78. The van der Waals surface area contributed by atoms with Crippen LogP contribution in [-0.2, 0) is 6.42 Å². The fourth-order valence-electron chi connectivity index (χ4n) is 2.10. The van der Waals surface area contributed by atoms with Crippen molar-refractivity contribution in [3.05, 3.63) is 46.5 Å². The Bertz CT molecular complexity index is 686. The Morgan fingerprint density at radius 2 is 2.15 bits per heavy atom. The van der Waals surface area contributed by atoms with E-state index in [9.17, 15) is 0 Å². The third kappa shape index (κ3) is 2.55. The summed E-state index contributed by atoms with van der Waals surface area (Å²) in [7, 11) is 0. The summed E-state index contributed by atoms with van der Waals surface area (Å²) in [5.74, 6) is 0. The Morgan fingerprint density at radius 3 is 2.85 bits per heavy atom. The zero-order valence-corrected chi connectivity index (χ0v) is 13.1. The van der Waals surface area contributed by atoms with E-state index in [4.69, 9.17) is 23.2 Å². The van der Waals surface area contributed by atoms with Crippen LogP contribution < -0.4 is 0 Å². The van der Waals surface area contributed by atoms with Crippen LogP contribution in [0.1, 0.15) is 24.6 Å². The van der Waals surface area contributed by atoms with E-state index in [2.05, 4.69) is 21.9 Å². The Kier molecular flexibility index (Phi) is 3.96. The van der Waals surface area contributed by atoms with Gasteiger partial charge in [0.15, 0.2) is 5.16 Å². The third-order valence-corrected chi connectivity index (χ3v) is 4.67. The fourth-order valence-corrected chi connectivity index (χ4v) is 3.64. The molecule has 0 spiro atoms. The third-order valence-electron chi connectivity index (χ3n) is 3.10. The zero-order chi connectivity index (χ0) is 14.1. The van der Waals surface area contributed by atoms with Gasteiger partial charge >= 0.3 is 0 Å². The molecule has 1 aliphatic rings. The maximum absolute atomic E-state index is 6.33. The van der Waals surface area contributed by atoms with Crippen molar-refractivity contribution in [2.45, 2.75) is 29.8 Å². The molecule has 3 nitrogen and oxygen atoms in total. The summed E-state index contributed by atoms with van der Waals surface area (Å²) in [5, 5.41) is 1.77. The van der Waals surface area contributed by atoms with Crippen molar-refractivity contribution in [1.82, 2.24) is 15.0 Å². The SMILES string of the molecule is CCC1=C(Cl)c2c(Cl)nc(Sc3cccnc3)nc2C1. The van der Waals surface area contributed by atoms with E-state index in [-0.39, 0.29) is 0 Å². The van der Waals surface area contributed by atoms with Crippen LogP contribution in [0.3, 0.4) is 0 Å². The van der Waals surface area contributed by atoms with E-state index in [1.54, 1.807) is 12.4 Å². The lowest BCUT2D eigenvalue weighted by Crippen LogP contribution is -1.97. The molecule has 0 bridgehead atoms. The van der Waals surface area contributed by atoms with Gasteiger partial charge in [-0.15, -0.1) is 0 Å². The lowest BCUT2D eigenvalue weighted by molar-refractivity contribution is 0.894. The molecule has 6 heteroatoms. The van der Waals surface area contributed by atoms with Gasteiger partial charge in [-0.05, 0) is 35.9 Å². The van der Waals surface area contributed by atoms with Gasteiger partial charge in [0.2, 0.25) is 0 Å². The van der Waals surface area contributed by atoms with Crippen LogP contribution in [-0.4, -0.2) is 15.0 Å². The van der Waals surface area contributed by atoms with E-state index in [0.717, 1.165) is 29.0 Å². The van der Waals surface area contributed by atoms with Crippen LogP contribution in [0, 0.1) is 0 Å². The minimum atomic E-state index is 0.426. The Labute approximate surface area is 131 Å². The van der Waals surface area contributed by atoms with E-state index >= 15 is 0 Å². The van der Waals surface area contributed by atoms with Gasteiger partial charge in [0.1, 0.15) is 5.15 Å². The minimum Gasteiger partial charge on any atom is -0.264 e. The van der Waals surface area contributed by atoms with E-state index in [1.807, 2.05) is 12.1 Å². The highest BCUT2D eigenvalue weighted by Gasteiger charge is 2.25. The summed E-state index contributed by atoms with van der Waals surface area (Å²) in [6.07, 6.45) is 5.17. The van der Waals surface area contributed by atoms with Crippen molar-refractivity contribution < 1.29 is 0 Å². The van der Waals surface area contributed by atoms with Crippen molar-refractivity contribution >= 4 is 40.0 Å². The molecule has 0 unspecified atom stereocenters. The van der Waals surface area contributed by atoms with E-state index < -0.39 is 0 Å². The van der Waals surface area contributed by atoms with Crippen molar-refractivity contribution in [1.29, 1.82) is 0 Å². The second-order valence-electron chi connectivity index (χ2n) is 4.36. The molecule has 20 heavy (non-hydrogen) atoms. The van der Waals surface area contributed by atoms with Gasteiger partial charge in [0.25, 0.3) is 0 Å². The molecule has 0 fully saturated rings. The summed E-state index contributed by atoms with van der Waals surface area (Å²) in [6, 6.07) is 3.84. The monoisotopic (exact) mass is 323 g/mol. The van der Waals surface area contributed by atoms with Crippen LogP contribution in [0.4, 0.5) is 0 Å². The molecular weight excluding hydrogens is 313 g/mol. The predicted octanol–water partition coefficient (Wildman–Crippen LogP) is 4.59. The largest absolute Gasteiger partial charge is 0.264 e. The number of aromatic nitrogens is 3. The van der Waals surface area contributed by atoms with Gasteiger partial charge in [0.05, 0.1) is 16.3 Å². The summed E-state index contributed by atoms with van der Waals surface area (Å²) < 4.78 is 0. The molecule has 3 rings (SSSR count). The van der Waals surface area contributed by atoms with E-state index in [0.29, 0.717) is 15.3 Å². The molecule has 2 aromatic rings. The van der Waals surface area contributed by atoms with Gasteiger partial charge in [-0.25, -0.2) is 9.97 Å². The Balaban J connectivity index is 1.95. The first-order chi connectivity index (χ1) is 9.69. The maximum Gasteiger partial charge on any atom is 0.194 e. The van der Waals surface area contributed by atoms with Crippen LogP contribution in [0.5, 0.6) is 0 Å². The van der Waals surface area contributed by atoms with Gasteiger partial charge in [0, 0.05) is 23.7 Å². The number of rotatable bonds is 3. The zero-order valence-electron chi connectivity index (χ0n) is 10.7. The normalized spacial score (nSPS) is 13.8. The average molecular weight is 324 g/mol. The molecule has 0 N–H and O–H groups in total. The van der Waals surface area contributed by atoms with Crippen molar-refractivity contribution in [3.63, 3.8) is 0 Å². The number of allylic oxidation sites excluding steroid dienone is 1. The second-order valence-corrected chi connectivity index (χ2v) is 6.13. The van der Waals surface area contributed by atoms with Crippen LogP contribution >= 0.6 is 35.0 Å². The lowest BCUT2D eigenvalue weighted by atomic mass is 10.2. The summed E-state index contributed by atoms with van der Waals surface area (Å²) in [5.41, 5.74) is 2.88. The first-order valence-electron chi connectivity index (χ1n) is 6.21. The average Bonchev–Trinajstić information content (AvgIpc) is 2.76. The molecule has 2 heterocycles. The molecule has 102 valence electrons. The first kappa shape index (κ1) is 13.9. The summed E-state index contributed by atoms with van der Waals surface area (Å²) >= 11 is 14.0. The van der Waals surface area contributed by atoms with Crippen molar-refractivity contribution in [3.8, 4) is 0 Å². The highest BCUT2D eigenvalue weighted by Crippen LogP contribution is 2.40. The quantitative estimate of drug-likeness (QED) is 0.611. The lowest BCUT2D eigenvalue weighted by Gasteiger charge is -2.05. The predicted molar refractivity (Wildman–Crippen MR) is 82.2 cm³/mol. The van der Waals surface area contributed by atoms with Gasteiger partial charge in [-0.3, -0.25) is 4.98 Å². The molecule has 0 radical (unpaired) electrons. The van der Waals surface area contributed by atoms with Crippen molar-refractivity contribution in [2.75, 3.05) is 0 Å². The molecule has 0 aliphatic heterocycles. The fraction of sp³-hybridized carbons (Fsp3) is 0.214. The van der Waals surface area contributed by atoms with Crippen LogP contribution in [0.15, 0.2) is 40.2 Å². The summed E-state index contributed by atoms with van der Waals surface area (Å²) in [6.45, 7) is 2.08. The number of pyridine rings is 1. The minimum absolute atomic E-state index is 0.426. The van der Waals surface area contributed by atoms with Crippen molar-refractivity contribution in [2.24, 2.45) is 0 Å². The molecule has 1 aliphatic carbocycles. The molecule has 0 aromatic carbocycles. The summed E-state index contributed by atoms with van der Waals surface area (Å²) in [4.78, 5) is 14.0. The standard InChI is InChI=1S/C14H11Cl2N3S/c1-2-8-6-10-11(12(8)15)13(16)19-14(18-10)20-9-4-3-5-17-7-9/h3-5,7H,2,6H2,1H3. The van der Waals surface area contributed by atoms with Gasteiger partial charge in [-0.2, -0.15) is 0 Å². The maximum atomic E-state index is 6.33. The molecule has 0 amide bonds. The Hall–Kier alpha value is -1.10. The number of hydrogen-bond donors (Lipinski definition) is 0. The second kappa shape index (κ2) is 5.72. The highest BCUT2D eigenvalue weighted by molar-refractivity contribution is 7.99. The van der Waals surface area contributed by atoms with Crippen LogP contribution in [0.2, 0.25) is 5.15 Å². The smallest absolute Gasteiger partial charge is 0.194 e. The molecule has 2 aromatic heterocycles. The number of hydrogen-bond acceptors (Lipinski definition) is 4. The number of fused-ring (bicyclic) bond motifs is 1. The molecular formula is C14H11Cl2N3S. The van der Waals surface area contributed by atoms with Gasteiger partial charge in [-0.1, -0.05) is 30.1 Å². The highest BCUT2D eigenvalue weighted by atomic mass is 35.5. The number of halogens is 2. The molecule has 0 saturated carbocycles. The molecule has 0 atom stereocenters. The van der Waals surface area contributed by atoms with Gasteiger partial charge < -0.3 is 0 Å². The Morgan fingerprint density at radius 1 is 1.30 bits per heavy atom. The van der Waals surface area contributed by atoms with E-state index in [1.165, 1.54) is 17.3 Å². The van der Waals surface area contributed by atoms with Crippen LogP contribution in [0.25, 0.3) is 5.03 Å². The number of nitrogens with zero attached hydrogens (tertiary/aromatic N) is 3. The molecule has 0 saturated heterocycles.